The number of fused-ring (bicyclic) bond motifs is 1. The minimum absolute atomic E-state index is 0.268. The van der Waals surface area contributed by atoms with E-state index in [1.54, 1.807) is 12.1 Å². The van der Waals surface area contributed by atoms with Gasteiger partial charge in [-0.05, 0) is 24.3 Å². The highest BCUT2D eigenvalue weighted by Crippen LogP contribution is 2.38. The summed E-state index contributed by atoms with van der Waals surface area (Å²) >= 11 is 0. The third-order valence-electron chi connectivity index (χ3n) is 3.98. The zero-order chi connectivity index (χ0) is 18.5. The molecule has 0 saturated heterocycles. The predicted octanol–water partition coefficient (Wildman–Crippen LogP) is 2.28. The van der Waals surface area contributed by atoms with Crippen molar-refractivity contribution in [2.75, 3.05) is 34.5 Å². The van der Waals surface area contributed by atoms with Gasteiger partial charge in [0.05, 0.1) is 27.9 Å². The van der Waals surface area contributed by atoms with E-state index in [0.29, 0.717) is 47.5 Å². The van der Waals surface area contributed by atoms with Gasteiger partial charge in [0.1, 0.15) is 12.7 Å². The molecule has 1 heterocycles. The van der Waals surface area contributed by atoms with Crippen molar-refractivity contribution in [3.8, 4) is 28.7 Å². The molecule has 0 fully saturated rings. The van der Waals surface area contributed by atoms with E-state index < -0.39 is 0 Å². The average molecular weight is 359 g/mol. The molecule has 1 aliphatic rings. The normalized spacial score (nSPS) is 15.1. The van der Waals surface area contributed by atoms with Crippen LogP contribution in [-0.2, 0) is 0 Å². The smallest absolute Gasteiger partial charge is 0.251 e. The van der Waals surface area contributed by atoms with Crippen molar-refractivity contribution < 1.29 is 28.5 Å². The van der Waals surface area contributed by atoms with Crippen molar-refractivity contribution in [3.05, 3.63) is 42.0 Å². The number of para-hydroxylation sites is 2. The molecule has 1 N–H and O–H groups in total. The first-order chi connectivity index (χ1) is 12.7. The van der Waals surface area contributed by atoms with Crippen molar-refractivity contribution >= 4 is 5.91 Å². The highest BCUT2D eigenvalue weighted by atomic mass is 16.6. The first-order valence-corrected chi connectivity index (χ1v) is 8.13. The van der Waals surface area contributed by atoms with Crippen LogP contribution in [0.1, 0.15) is 10.4 Å². The molecule has 1 amide bonds. The second-order valence-electron chi connectivity index (χ2n) is 5.62. The number of amides is 1. The van der Waals surface area contributed by atoms with Gasteiger partial charge < -0.3 is 29.0 Å². The van der Waals surface area contributed by atoms with Crippen molar-refractivity contribution in [3.63, 3.8) is 0 Å². The molecule has 3 rings (SSSR count). The lowest BCUT2D eigenvalue weighted by Crippen LogP contribution is -2.40. The number of carbonyl (C=O) groups excluding carboxylic acids is 1. The number of nitrogens with one attached hydrogen (secondary N) is 1. The molecule has 0 radical (unpaired) electrons. The SMILES string of the molecule is COc1cc(C(=O)NC[C@H]2COc3ccccc3O2)cc(OC)c1OC. The van der Waals surface area contributed by atoms with Crippen LogP contribution in [0.25, 0.3) is 0 Å². The molecule has 1 aliphatic heterocycles. The summed E-state index contributed by atoms with van der Waals surface area (Å²) in [5, 5.41) is 2.84. The van der Waals surface area contributed by atoms with Gasteiger partial charge in [-0.3, -0.25) is 4.79 Å². The fourth-order valence-corrected chi connectivity index (χ4v) is 2.68. The Morgan fingerprint density at radius 1 is 1.08 bits per heavy atom. The maximum Gasteiger partial charge on any atom is 0.251 e. The van der Waals surface area contributed by atoms with E-state index in [9.17, 15) is 4.79 Å². The van der Waals surface area contributed by atoms with Gasteiger partial charge in [-0.15, -0.1) is 0 Å². The van der Waals surface area contributed by atoms with E-state index in [-0.39, 0.29) is 12.0 Å². The van der Waals surface area contributed by atoms with Gasteiger partial charge >= 0.3 is 0 Å². The summed E-state index contributed by atoms with van der Waals surface area (Å²) in [4.78, 5) is 12.5. The Morgan fingerprint density at radius 3 is 2.35 bits per heavy atom. The summed E-state index contributed by atoms with van der Waals surface area (Å²) in [6.45, 7) is 0.677. The van der Waals surface area contributed by atoms with E-state index in [4.69, 9.17) is 23.7 Å². The molecule has 138 valence electrons. The maximum absolute atomic E-state index is 12.5. The van der Waals surface area contributed by atoms with Gasteiger partial charge in [-0.25, -0.2) is 0 Å². The Bertz CT molecular complexity index is 766. The van der Waals surface area contributed by atoms with Gasteiger partial charge in [0.2, 0.25) is 5.75 Å². The largest absolute Gasteiger partial charge is 0.493 e. The third kappa shape index (κ3) is 3.61. The van der Waals surface area contributed by atoms with E-state index >= 15 is 0 Å². The lowest BCUT2D eigenvalue weighted by atomic mass is 10.1. The molecule has 0 saturated carbocycles. The molecule has 2 aromatic rings. The van der Waals surface area contributed by atoms with Crippen LogP contribution >= 0.6 is 0 Å². The van der Waals surface area contributed by atoms with Gasteiger partial charge in [-0.2, -0.15) is 0 Å². The Morgan fingerprint density at radius 2 is 1.73 bits per heavy atom. The summed E-state index contributed by atoms with van der Waals surface area (Å²) in [5.74, 6) is 2.38. The summed E-state index contributed by atoms with van der Waals surface area (Å²) in [7, 11) is 4.52. The van der Waals surface area contributed by atoms with Crippen LogP contribution in [0.4, 0.5) is 0 Å². The fourth-order valence-electron chi connectivity index (χ4n) is 2.68. The van der Waals surface area contributed by atoms with E-state index in [2.05, 4.69) is 5.32 Å². The predicted molar refractivity (Wildman–Crippen MR) is 94.8 cm³/mol. The van der Waals surface area contributed by atoms with Gasteiger partial charge in [0.25, 0.3) is 5.91 Å². The fraction of sp³-hybridized carbons (Fsp3) is 0.316. The minimum Gasteiger partial charge on any atom is -0.493 e. The van der Waals surface area contributed by atoms with Gasteiger partial charge in [-0.1, -0.05) is 12.1 Å². The van der Waals surface area contributed by atoms with Crippen LogP contribution in [0.15, 0.2) is 36.4 Å². The van der Waals surface area contributed by atoms with Crippen LogP contribution in [0.5, 0.6) is 28.7 Å². The Kier molecular flexibility index (Phi) is 5.36. The molecule has 26 heavy (non-hydrogen) atoms. The summed E-state index contributed by atoms with van der Waals surface area (Å²) in [5.41, 5.74) is 0.400. The van der Waals surface area contributed by atoms with E-state index in [1.165, 1.54) is 21.3 Å². The molecule has 0 bridgehead atoms. The molecule has 2 aromatic carbocycles. The van der Waals surface area contributed by atoms with E-state index in [0.717, 1.165) is 0 Å². The first kappa shape index (κ1) is 17.7. The summed E-state index contributed by atoms with van der Waals surface area (Å²) < 4.78 is 27.3. The second-order valence-corrected chi connectivity index (χ2v) is 5.62. The molecule has 1 atom stereocenters. The Balaban J connectivity index is 1.67. The highest BCUT2D eigenvalue weighted by Gasteiger charge is 2.22. The molecular formula is C19H21NO6. The van der Waals surface area contributed by atoms with E-state index in [1.807, 2.05) is 24.3 Å². The third-order valence-corrected chi connectivity index (χ3v) is 3.98. The number of ether oxygens (including phenoxy) is 5. The standard InChI is InChI=1S/C19H21NO6/c1-22-16-8-12(9-17(23-2)18(16)24-3)19(21)20-10-13-11-25-14-6-4-5-7-15(14)26-13/h4-9,13H,10-11H2,1-3H3,(H,20,21)/t13-/m0/s1. The summed E-state index contributed by atoms with van der Waals surface area (Å²) in [6.07, 6.45) is -0.268. The van der Waals surface area contributed by atoms with Crippen molar-refractivity contribution in [1.29, 1.82) is 0 Å². The quantitative estimate of drug-likeness (QED) is 0.853. The zero-order valence-electron chi connectivity index (χ0n) is 14.9. The number of methoxy groups -OCH3 is 3. The molecule has 7 nitrogen and oxygen atoms in total. The molecule has 0 unspecified atom stereocenters. The first-order valence-electron chi connectivity index (χ1n) is 8.13. The Labute approximate surface area is 151 Å². The van der Waals surface area contributed by atoms with Crippen LogP contribution in [0.2, 0.25) is 0 Å². The number of carbonyl (C=O) groups is 1. The lowest BCUT2D eigenvalue weighted by Gasteiger charge is -2.26. The Hall–Kier alpha value is -3.09. The maximum atomic E-state index is 12.5. The molecule has 7 heteroatoms. The number of hydrogen-bond donors (Lipinski definition) is 1. The second kappa shape index (κ2) is 7.86. The number of benzene rings is 2. The van der Waals surface area contributed by atoms with Crippen LogP contribution in [0, 0.1) is 0 Å². The highest BCUT2D eigenvalue weighted by molar-refractivity contribution is 5.95. The van der Waals surface area contributed by atoms with Crippen LogP contribution in [0.3, 0.4) is 0 Å². The number of rotatable bonds is 6. The average Bonchev–Trinajstić information content (AvgIpc) is 2.70. The lowest BCUT2D eigenvalue weighted by molar-refractivity contribution is 0.0789. The van der Waals surface area contributed by atoms with Crippen LogP contribution in [-0.4, -0.2) is 46.5 Å². The molecule has 0 aromatic heterocycles. The monoisotopic (exact) mass is 359 g/mol. The molecule has 0 spiro atoms. The molecule has 0 aliphatic carbocycles. The zero-order valence-corrected chi connectivity index (χ0v) is 14.9. The minimum atomic E-state index is -0.272. The van der Waals surface area contributed by atoms with Crippen molar-refractivity contribution in [2.45, 2.75) is 6.10 Å². The van der Waals surface area contributed by atoms with Crippen molar-refractivity contribution in [1.82, 2.24) is 5.32 Å². The van der Waals surface area contributed by atoms with Gasteiger partial charge in [0.15, 0.2) is 23.0 Å². The van der Waals surface area contributed by atoms with Crippen molar-refractivity contribution in [2.24, 2.45) is 0 Å². The van der Waals surface area contributed by atoms with Gasteiger partial charge in [0, 0.05) is 5.56 Å². The number of hydrogen-bond acceptors (Lipinski definition) is 6. The topological polar surface area (TPSA) is 75.3 Å². The summed E-state index contributed by atoms with van der Waals surface area (Å²) in [6, 6.07) is 10.6. The van der Waals surface area contributed by atoms with Crippen LogP contribution < -0.4 is 29.0 Å². The molecular weight excluding hydrogens is 338 g/mol.